The van der Waals surface area contributed by atoms with Gasteiger partial charge in [-0.3, -0.25) is 4.79 Å². The predicted octanol–water partition coefficient (Wildman–Crippen LogP) is 4.08. The summed E-state index contributed by atoms with van der Waals surface area (Å²) >= 11 is 0. The van der Waals surface area contributed by atoms with E-state index in [4.69, 9.17) is 4.74 Å². The van der Waals surface area contributed by atoms with Gasteiger partial charge < -0.3 is 14.6 Å². The minimum atomic E-state index is -0.346. The Balaban J connectivity index is 1.63. The number of aromatic amines is 1. The van der Waals surface area contributed by atoms with Crippen LogP contribution in [-0.2, 0) is 22.5 Å². The number of ether oxygens (including phenoxy) is 1. The second-order valence-corrected chi connectivity index (χ2v) is 8.88. The maximum atomic E-state index is 13.3. The number of benzene rings is 1. The molecule has 1 aliphatic heterocycles. The van der Waals surface area contributed by atoms with E-state index in [1.165, 1.54) is 12.7 Å². The van der Waals surface area contributed by atoms with E-state index in [0.29, 0.717) is 24.6 Å². The lowest BCUT2D eigenvalue weighted by Crippen LogP contribution is -2.37. The van der Waals surface area contributed by atoms with Crippen molar-refractivity contribution in [1.82, 2.24) is 9.88 Å². The van der Waals surface area contributed by atoms with Gasteiger partial charge in [0.1, 0.15) is 0 Å². The molecule has 0 spiro atoms. The van der Waals surface area contributed by atoms with E-state index in [2.05, 4.69) is 38.8 Å². The van der Waals surface area contributed by atoms with Crippen LogP contribution in [0.5, 0.6) is 0 Å². The molecule has 1 fully saturated rings. The van der Waals surface area contributed by atoms with Crippen molar-refractivity contribution < 1.29 is 14.3 Å². The molecular formula is C23H28N2O3. The highest BCUT2D eigenvalue weighted by Crippen LogP contribution is 2.60. The summed E-state index contributed by atoms with van der Waals surface area (Å²) in [4.78, 5) is 30.8. The Morgan fingerprint density at radius 1 is 1.29 bits per heavy atom. The van der Waals surface area contributed by atoms with Crippen molar-refractivity contribution in [1.29, 1.82) is 0 Å². The first kappa shape index (κ1) is 18.8. The number of esters is 1. The maximum absolute atomic E-state index is 13.3. The zero-order valence-electron chi connectivity index (χ0n) is 17.3. The molecule has 0 radical (unpaired) electrons. The Kier molecular flexibility index (Phi) is 4.36. The zero-order valence-corrected chi connectivity index (χ0v) is 17.3. The van der Waals surface area contributed by atoms with Crippen molar-refractivity contribution in [2.45, 2.75) is 40.7 Å². The number of hydrogen-bond donors (Lipinski definition) is 1. The number of H-pyrrole nitrogens is 1. The molecule has 0 unspecified atom stereocenters. The van der Waals surface area contributed by atoms with Crippen LogP contribution in [0.1, 0.15) is 49.3 Å². The van der Waals surface area contributed by atoms with Crippen LogP contribution in [0.25, 0.3) is 10.9 Å². The van der Waals surface area contributed by atoms with Crippen LogP contribution < -0.4 is 0 Å². The van der Waals surface area contributed by atoms with Crippen LogP contribution in [0.15, 0.2) is 29.8 Å². The maximum Gasteiger partial charge on any atom is 0.339 e. The highest BCUT2D eigenvalue weighted by atomic mass is 16.5. The first-order valence-electron chi connectivity index (χ1n) is 9.90. The number of allylic oxidation sites excluding steroid dienone is 2. The molecular weight excluding hydrogens is 352 g/mol. The Hall–Kier alpha value is -2.56. The quantitative estimate of drug-likeness (QED) is 0.645. The normalized spacial score (nSPS) is 22.5. The highest BCUT2D eigenvalue weighted by molar-refractivity contribution is 6.04. The number of methoxy groups -OCH3 is 1. The number of aromatic nitrogens is 1. The van der Waals surface area contributed by atoms with Gasteiger partial charge in [0.25, 0.3) is 0 Å². The molecule has 1 amide bonds. The average Bonchev–Trinajstić information content (AvgIpc) is 3.00. The fourth-order valence-corrected chi connectivity index (χ4v) is 4.72. The molecule has 2 aliphatic rings. The molecule has 1 aromatic carbocycles. The third kappa shape index (κ3) is 2.84. The Morgan fingerprint density at radius 3 is 2.71 bits per heavy atom. The summed E-state index contributed by atoms with van der Waals surface area (Å²) in [7, 11) is 1.39. The number of fused-ring (bicyclic) bond motifs is 3. The standard InChI is InChI=1S/C23H28N2O3/c1-13(2)11-17-19(23(17,3)4)21(26)25-10-9-18-16(12-25)14-7-6-8-15(20(14)24-18)22(27)28-5/h6-8,11,17,19,24H,9-10,12H2,1-5H3/t17-,19-/m1/s1. The SMILES string of the molecule is COC(=O)c1cccc2c3c([nH]c12)CCN(C(=O)[C@H]1[C@@H](C=C(C)C)C1(C)C)C3. The first-order chi connectivity index (χ1) is 13.3. The smallest absolute Gasteiger partial charge is 0.339 e. The van der Waals surface area contributed by atoms with E-state index in [1.807, 2.05) is 17.0 Å². The fourth-order valence-electron chi connectivity index (χ4n) is 4.72. The molecule has 0 bridgehead atoms. The predicted molar refractivity (Wildman–Crippen MR) is 109 cm³/mol. The van der Waals surface area contributed by atoms with Gasteiger partial charge in [-0.05, 0) is 31.2 Å². The summed E-state index contributed by atoms with van der Waals surface area (Å²) in [6, 6.07) is 5.66. The second kappa shape index (κ2) is 6.50. The number of nitrogens with zero attached hydrogens (tertiary/aromatic N) is 1. The van der Waals surface area contributed by atoms with Gasteiger partial charge in [-0.2, -0.15) is 0 Å². The van der Waals surface area contributed by atoms with E-state index < -0.39 is 0 Å². The Bertz CT molecular complexity index is 995. The number of carbonyl (C=O) groups excluding carboxylic acids is 2. The van der Waals surface area contributed by atoms with Gasteiger partial charge in [0.05, 0.1) is 24.1 Å². The van der Waals surface area contributed by atoms with Crippen LogP contribution >= 0.6 is 0 Å². The van der Waals surface area contributed by atoms with Gasteiger partial charge in [0.15, 0.2) is 0 Å². The van der Waals surface area contributed by atoms with E-state index in [1.54, 1.807) is 6.07 Å². The topological polar surface area (TPSA) is 62.4 Å². The van der Waals surface area contributed by atoms with Crippen molar-refractivity contribution in [3.05, 3.63) is 46.7 Å². The first-order valence-corrected chi connectivity index (χ1v) is 9.90. The van der Waals surface area contributed by atoms with E-state index >= 15 is 0 Å². The molecule has 4 rings (SSSR count). The number of para-hydroxylation sites is 1. The van der Waals surface area contributed by atoms with E-state index in [9.17, 15) is 9.59 Å². The van der Waals surface area contributed by atoms with Crippen molar-refractivity contribution >= 4 is 22.8 Å². The number of rotatable bonds is 3. The highest BCUT2D eigenvalue weighted by Gasteiger charge is 2.61. The molecule has 5 nitrogen and oxygen atoms in total. The van der Waals surface area contributed by atoms with Crippen LogP contribution in [0.2, 0.25) is 0 Å². The molecule has 28 heavy (non-hydrogen) atoms. The minimum Gasteiger partial charge on any atom is -0.465 e. The minimum absolute atomic E-state index is 0.0207. The molecule has 1 aromatic heterocycles. The summed E-state index contributed by atoms with van der Waals surface area (Å²) < 4.78 is 4.91. The summed E-state index contributed by atoms with van der Waals surface area (Å²) in [6.07, 6.45) is 3.02. The van der Waals surface area contributed by atoms with E-state index in [-0.39, 0.29) is 23.2 Å². The van der Waals surface area contributed by atoms with Crippen LogP contribution in [0.3, 0.4) is 0 Å². The molecule has 2 aromatic rings. The van der Waals surface area contributed by atoms with Crippen molar-refractivity contribution in [3.8, 4) is 0 Å². The van der Waals surface area contributed by atoms with Gasteiger partial charge in [-0.25, -0.2) is 4.79 Å². The summed E-state index contributed by atoms with van der Waals surface area (Å²) in [5.74, 6) is 0.276. The Labute approximate surface area is 165 Å². The number of carbonyl (C=O) groups is 2. The van der Waals surface area contributed by atoms with Crippen LogP contribution in [0.4, 0.5) is 0 Å². The lowest BCUT2D eigenvalue weighted by atomic mass is 10.0. The van der Waals surface area contributed by atoms with E-state index in [0.717, 1.165) is 28.6 Å². The monoisotopic (exact) mass is 380 g/mol. The zero-order chi connectivity index (χ0) is 20.2. The molecule has 1 N–H and O–H groups in total. The number of amides is 1. The largest absolute Gasteiger partial charge is 0.465 e. The van der Waals surface area contributed by atoms with Crippen molar-refractivity contribution in [2.24, 2.45) is 17.3 Å². The molecule has 2 heterocycles. The third-order valence-corrected chi connectivity index (χ3v) is 6.42. The van der Waals surface area contributed by atoms with Crippen molar-refractivity contribution in [3.63, 3.8) is 0 Å². The number of hydrogen-bond acceptors (Lipinski definition) is 3. The van der Waals surface area contributed by atoms with Gasteiger partial charge >= 0.3 is 5.97 Å². The molecule has 2 atom stereocenters. The number of nitrogens with one attached hydrogen (secondary N) is 1. The molecule has 5 heteroatoms. The molecule has 148 valence electrons. The van der Waals surface area contributed by atoms with Gasteiger partial charge in [-0.1, -0.05) is 37.6 Å². The lowest BCUT2D eigenvalue weighted by Gasteiger charge is -2.28. The van der Waals surface area contributed by atoms with Crippen molar-refractivity contribution in [2.75, 3.05) is 13.7 Å². The Morgan fingerprint density at radius 2 is 2.04 bits per heavy atom. The van der Waals surface area contributed by atoms with Gasteiger partial charge in [0.2, 0.25) is 5.91 Å². The second-order valence-electron chi connectivity index (χ2n) is 8.88. The van der Waals surface area contributed by atoms with Crippen LogP contribution in [0, 0.1) is 17.3 Å². The average molecular weight is 380 g/mol. The summed E-state index contributed by atoms with van der Waals surface area (Å²) in [5, 5.41) is 1.01. The fraction of sp³-hybridized carbons (Fsp3) is 0.478. The summed E-state index contributed by atoms with van der Waals surface area (Å²) in [6.45, 7) is 9.85. The summed E-state index contributed by atoms with van der Waals surface area (Å²) in [5.41, 5.74) is 4.87. The van der Waals surface area contributed by atoms with Gasteiger partial charge in [-0.15, -0.1) is 0 Å². The molecule has 0 saturated heterocycles. The van der Waals surface area contributed by atoms with Gasteiger partial charge in [0, 0.05) is 36.2 Å². The van der Waals surface area contributed by atoms with Crippen LogP contribution in [-0.4, -0.2) is 35.4 Å². The molecule has 1 aliphatic carbocycles. The molecule has 1 saturated carbocycles. The lowest BCUT2D eigenvalue weighted by molar-refractivity contribution is -0.134. The third-order valence-electron chi connectivity index (χ3n) is 6.42.